The number of carbonyl (C=O) groups excluding carboxylic acids is 4. The molecule has 0 aromatic heterocycles. The highest BCUT2D eigenvalue weighted by atomic mass is 16.5. The molecule has 1 unspecified atom stereocenters. The minimum absolute atomic E-state index is 0.00273. The first-order valence-corrected chi connectivity index (χ1v) is 11.2. The summed E-state index contributed by atoms with van der Waals surface area (Å²) in [5.74, 6) is -1.55. The number of imide groups is 1. The summed E-state index contributed by atoms with van der Waals surface area (Å²) >= 11 is 0. The summed E-state index contributed by atoms with van der Waals surface area (Å²) in [6.45, 7) is 1.10. The second kappa shape index (κ2) is 9.03. The lowest BCUT2D eigenvalue weighted by Crippen LogP contribution is -2.31. The largest absolute Gasteiger partial charge is 0.376 e. The molecule has 2 aliphatic heterocycles. The van der Waals surface area contributed by atoms with Gasteiger partial charge in [0.15, 0.2) is 5.78 Å². The Morgan fingerprint density at radius 2 is 1.62 bits per heavy atom. The molecule has 0 radical (unpaired) electrons. The maximum atomic E-state index is 13.2. The van der Waals surface area contributed by atoms with Crippen LogP contribution in [0.3, 0.4) is 0 Å². The van der Waals surface area contributed by atoms with Crippen molar-refractivity contribution in [1.29, 1.82) is 0 Å². The highest BCUT2D eigenvalue weighted by Crippen LogP contribution is 2.30. The van der Waals surface area contributed by atoms with Crippen molar-refractivity contribution in [3.8, 4) is 0 Å². The Labute approximate surface area is 196 Å². The molecule has 0 bridgehead atoms. The second-order valence-corrected chi connectivity index (χ2v) is 8.30. The molecule has 1 atom stereocenters. The Kier molecular flexibility index (Phi) is 5.77. The zero-order valence-electron chi connectivity index (χ0n) is 18.3. The summed E-state index contributed by atoms with van der Waals surface area (Å²) in [5.41, 5.74) is 1.87. The number of benzene rings is 3. The van der Waals surface area contributed by atoms with Crippen LogP contribution in [0.25, 0.3) is 0 Å². The van der Waals surface area contributed by atoms with Crippen molar-refractivity contribution in [2.45, 2.75) is 18.9 Å². The fourth-order valence-electron chi connectivity index (χ4n) is 4.27. The van der Waals surface area contributed by atoms with Crippen molar-refractivity contribution >= 4 is 29.2 Å². The minimum atomic E-state index is -0.530. The Morgan fingerprint density at radius 1 is 0.853 bits per heavy atom. The van der Waals surface area contributed by atoms with Crippen molar-refractivity contribution in [2.75, 3.05) is 18.1 Å². The average Bonchev–Trinajstić information content (AvgIpc) is 3.49. The van der Waals surface area contributed by atoms with Gasteiger partial charge in [-0.05, 0) is 43.2 Å². The molecule has 3 amide bonds. The monoisotopic (exact) mass is 454 g/mol. The van der Waals surface area contributed by atoms with Crippen molar-refractivity contribution in [3.05, 3.63) is 101 Å². The summed E-state index contributed by atoms with van der Waals surface area (Å²) in [6.07, 6.45) is 1.88. The predicted molar refractivity (Wildman–Crippen MR) is 125 cm³/mol. The van der Waals surface area contributed by atoms with Crippen molar-refractivity contribution < 1.29 is 23.9 Å². The molecule has 1 saturated heterocycles. The fourth-order valence-corrected chi connectivity index (χ4v) is 4.27. The maximum Gasteiger partial charge on any atom is 0.266 e. The molecular weight excluding hydrogens is 432 g/mol. The molecule has 0 saturated carbocycles. The van der Waals surface area contributed by atoms with Gasteiger partial charge in [-0.3, -0.25) is 19.2 Å². The minimum Gasteiger partial charge on any atom is -0.376 e. The van der Waals surface area contributed by atoms with E-state index in [4.69, 9.17) is 4.74 Å². The van der Waals surface area contributed by atoms with Gasteiger partial charge in [-0.1, -0.05) is 42.5 Å². The van der Waals surface area contributed by atoms with E-state index in [1.54, 1.807) is 42.5 Å². The van der Waals surface area contributed by atoms with E-state index in [1.807, 2.05) is 6.07 Å². The summed E-state index contributed by atoms with van der Waals surface area (Å²) < 4.78 is 5.52. The van der Waals surface area contributed by atoms with E-state index in [9.17, 15) is 19.2 Å². The number of carbonyl (C=O) groups is 4. The molecule has 7 heteroatoms. The number of nitrogens with zero attached hydrogens (tertiary/aromatic N) is 1. The summed E-state index contributed by atoms with van der Waals surface area (Å²) in [7, 11) is 0. The van der Waals surface area contributed by atoms with Crippen molar-refractivity contribution in [2.24, 2.45) is 0 Å². The Balaban J connectivity index is 1.37. The molecule has 3 aromatic carbocycles. The van der Waals surface area contributed by atoms with Gasteiger partial charge in [0.2, 0.25) is 0 Å². The van der Waals surface area contributed by atoms with E-state index in [-0.39, 0.29) is 28.9 Å². The Bertz CT molecular complexity index is 1300. The lowest BCUT2D eigenvalue weighted by atomic mass is 10.0. The van der Waals surface area contributed by atoms with Gasteiger partial charge in [0, 0.05) is 29.8 Å². The summed E-state index contributed by atoms with van der Waals surface area (Å²) in [6, 6.07) is 19.7. The first-order valence-electron chi connectivity index (χ1n) is 11.2. The zero-order valence-corrected chi connectivity index (χ0v) is 18.3. The van der Waals surface area contributed by atoms with Gasteiger partial charge < -0.3 is 10.1 Å². The average molecular weight is 454 g/mol. The number of rotatable bonds is 6. The standard InChI is InChI=1S/C27H22N2O5/c30-24(17-6-2-1-3-7-17)18-8-4-9-20(14-18)29-26(32)22-12-11-19(15-23(22)27(29)33)25(31)28-16-21-10-5-13-34-21/h1-4,6-9,11-12,14-15,21H,5,10,13,16H2,(H,28,31). The Morgan fingerprint density at radius 3 is 2.38 bits per heavy atom. The molecule has 2 aliphatic rings. The van der Waals surface area contributed by atoms with Crippen LogP contribution in [0.4, 0.5) is 5.69 Å². The van der Waals surface area contributed by atoms with Crippen LogP contribution in [0.1, 0.15) is 59.8 Å². The molecule has 5 rings (SSSR count). The van der Waals surface area contributed by atoms with Crippen LogP contribution in [-0.2, 0) is 4.74 Å². The van der Waals surface area contributed by atoms with Crippen LogP contribution in [0, 0.1) is 0 Å². The topological polar surface area (TPSA) is 92.8 Å². The van der Waals surface area contributed by atoms with Gasteiger partial charge in [0.25, 0.3) is 17.7 Å². The van der Waals surface area contributed by atoms with Crippen LogP contribution >= 0.6 is 0 Å². The predicted octanol–water partition coefficient (Wildman–Crippen LogP) is 3.63. The molecular formula is C27H22N2O5. The molecule has 34 heavy (non-hydrogen) atoms. The maximum absolute atomic E-state index is 13.2. The number of fused-ring (bicyclic) bond motifs is 1. The second-order valence-electron chi connectivity index (χ2n) is 8.30. The van der Waals surface area contributed by atoms with Crippen LogP contribution in [-0.4, -0.2) is 42.8 Å². The van der Waals surface area contributed by atoms with E-state index < -0.39 is 11.8 Å². The van der Waals surface area contributed by atoms with Crippen molar-refractivity contribution in [3.63, 3.8) is 0 Å². The molecule has 7 nitrogen and oxygen atoms in total. The van der Waals surface area contributed by atoms with Gasteiger partial charge >= 0.3 is 0 Å². The highest BCUT2D eigenvalue weighted by Gasteiger charge is 2.37. The van der Waals surface area contributed by atoms with Crippen LogP contribution in [0.15, 0.2) is 72.8 Å². The van der Waals surface area contributed by atoms with Gasteiger partial charge in [0.1, 0.15) is 0 Å². The first kappa shape index (κ1) is 21.7. The van der Waals surface area contributed by atoms with E-state index in [1.165, 1.54) is 24.3 Å². The molecule has 170 valence electrons. The number of hydrogen-bond donors (Lipinski definition) is 1. The zero-order chi connectivity index (χ0) is 23.7. The third-order valence-corrected chi connectivity index (χ3v) is 6.07. The lowest BCUT2D eigenvalue weighted by Gasteiger charge is -2.15. The molecule has 1 N–H and O–H groups in total. The third kappa shape index (κ3) is 4.02. The molecule has 0 spiro atoms. The van der Waals surface area contributed by atoms with Gasteiger partial charge in [0.05, 0.1) is 22.9 Å². The van der Waals surface area contributed by atoms with Gasteiger partial charge in [-0.2, -0.15) is 0 Å². The van der Waals surface area contributed by atoms with Crippen LogP contribution in [0.5, 0.6) is 0 Å². The first-order chi connectivity index (χ1) is 16.5. The number of hydrogen-bond acceptors (Lipinski definition) is 5. The molecule has 2 heterocycles. The highest BCUT2D eigenvalue weighted by molar-refractivity contribution is 6.35. The number of anilines is 1. The Hall–Kier alpha value is -4.10. The van der Waals surface area contributed by atoms with Crippen LogP contribution < -0.4 is 10.2 Å². The molecule has 3 aromatic rings. The van der Waals surface area contributed by atoms with E-state index >= 15 is 0 Å². The number of ether oxygens (including phenoxy) is 1. The van der Waals surface area contributed by atoms with Crippen molar-refractivity contribution in [1.82, 2.24) is 5.32 Å². The van der Waals surface area contributed by atoms with Gasteiger partial charge in [-0.25, -0.2) is 4.90 Å². The van der Waals surface area contributed by atoms with Crippen LogP contribution in [0.2, 0.25) is 0 Å². The normalized spacial score (nSPS) is 17.1. The smallest absolute Gasteiger partial charge is 0.266 e. The van der Waals surface area contributed by atoms with E-state index in [0.717, 1.165) is 17.7 Å². The quantitative estimate of drug-likeness (QED) is 0.454. The fraction of sp³-hybridized carbons (Fsp3) is 0.185. The van der Waals surface area contributed by atoms with E-state index in [2.05, 4.69) is 5.32 Å². The van der Waals surface area contributed by atoms with E-state index in [0.29, 0.717) is 35.5 Å². The summed E-state index contributed by atoms with van der Waals surface area (Å²) in [4.78, 5) is 52.7. The lowest BCUT2D eigenvalue weighted by molar-refractivity contribution is 0.0857. The van der Waals surface area contributed by atoms with Gasteiger partial charge in [-0.15, -0.1) is 0 Å². The molecule has 0 aliphatic carbocycles. The number of nitrogens with one attached hydrogen (secondary N) is 1. The SMILES string of the molecule is O=C(NCC1CCCO1)c1ccc2c(c1)C(=O)N(c1cccc(C(=O)c3ccccc3)c1)C2=O. The number of amides is 3. The third-order valence-electron chi connectivity index (χ3n) is 6.07. The molecule has 1 fully saturated rings. The summed E-state index contributed by atoms with van der Waals surface area (Å²) in [5, 5.41) is 2.83. The number of ketones is 1.